The van der Waals surface area contributed by atoms with Gasteiger partial charge in [-0.1, -0.05) is 6.07 Å². The molecular formula is C17H17N3O4S2. The molecular weight excluding hydrogens is 374 g/mol. The van der Waals surface area contributed by atoms with E-state index in [-0.39, 0.29) is 18.0 Å². The molecule has 1 atom stereocenters. The van der Waals surface area contributed by atoms with Gasteiger partial charge in [0.1, 0.15) is 11.4 Å². The van der Waals surface area contributed by atoms with Crippen molar-refractivity contribution in [3.05, 3.63) is 39.6 Å². The van der Waals surface area contributed by atoms with Crippen LogP contribution in [-0.4, -0.2) is 46.5 Å². The van der Waals surface area contributed by atoms with Crippen LogP contribution in [0.5, 0.6) is 0 Å². The molecule has 0 N–H and O–H groups in total. The Morgan fingerprint density at radius 3 is 2.77 bits per heavy atom. The van der Waals surface area contributed by atoms with Crippen LogP contribution in [-0.2, 0) is 20.9 Å². The number of hydrogen-bond acceptors (Lipinski definition) is 7. The summed E-state index contributed by atoms with van der Waals surface area (Å²) in [7, 11) is 3.16. The van der Waals surface area contributed by atoms with Crippen LogP contribution in [0, 0.1) is 0 Å². The third-order valence-corrected chi connectivity index (χ3v) is 5.53. The van der Waals surface area contributed by atoms with Gasteiger partial charge in [-0.2, -0.15) is 0 Å². The summed E-state index contributed by atoms with van der Waals surface area (Å²) in [5.41, 5.74) is 0.513. The van der Waals surface area contributed by atoms with E-state index in [0.717, 1.165) is 10.4 Å². The van der Waals surface area contributed by atoms with Gasteiger partial charge in [0.15, 0.2) is 6.10 Å². The van der Waals surface area contributed by atoms with Gasteiger partial charge in [0.2, 0.25) is 0 Å². The largest absolute Gasteiger partial charge is 0.451 e. The van der Waals surface area contributed by atoms with Crippen LogP contribution in [0.4, 0.5) is 0 Å². The van der Waals surface area contributed by atoms with Crippen molar-refractivity contribution in [1.29, 1.82) is 0 Å². The van der Waals surface area contributed by atoms with Crippen LogP contribution in [0.2, 0.25) is 0 Å². The first-order chi connectivity index (χ1) is 12.4. The zero-order chi connectivity index (χ0) is 18.8. The Morgan fingerprint density at radius 1 is 1.35 bits per heavy atom. The molecule has 1 amide bonds. The maximum atomic E-state index is 12.8. The van der Waals surface area contributed by atoms with Gasteiger partial charge in [0.25, 0.3) is 11.5 Å². The quantitative estimate of drug-likeness (QED) is 0.623. The second-order valence-electron chi connectivity index (χ2n) is 5.85. The maximum absolute atomic E-state index is 12.8. The summed E-state index contributed by atoms with van der Waals surface area (Å²) in [4.78, 5) is 43.9. The van der Waals surface area contributed by atoms with Crippen LogP contribution in [0.15, 0.2) is 34.0 Å². The Kier molecular flexibility index (Phi) is 5.19. The van der Waals surface area contributed by atoms with Gasteiger partial charge in [0, 0.05) is 29.9 Å². The number of fused-ring (bicyclic) bond motifs is 1. The number of likely N-dealkylation sites (N-methyl/N-ethyl adjacent to an activating group) is 1. The number of ether oxygens (including phenoxy) is 1. The molecule has 0 bridgehead atoms. The topological polar surface area (TPSA) is 81.5 Å². The van der Waals surface area contributed by atoms with Crippen LogP contribution in [0.1, 0.15) is 6.92 Å². The van der Waals surface area contributed by atoms with E-state index in [9.17, 15) is 14.4 Å². The molecule has 0 aromatic carbocycles. The lowest BCUT2D eigenvalue weighted by Crippen LogP contribution is -2.36. The lowest BCUT2D eigenvalue weighted by molar-refractivity contribution is -0.158. The van der Waals surface area contributed by atoms with E-state index in [0.29, 0.717) is 10.2 Å². The standard InChI is InChI=1S/C17H17N3O4S2/c1-10(16(22)19(2)3)24-13(21)7-20-9-18-15-14(17(20)23)11(8-26-15)12-5-4-6-25-12/h4-6,8-10H,7H2,1-3H3. The molecule has 3 heterocycles. The zero-order valence-corrected chi connectivity index (χ0v) is 16.1. The van der Waals surface area contributed by atoms with Crippen molar-refractivity contribution >= 4 is 44.8 Å². The number of hydrogen-bond donors (Lipinski definition) is 0. The highest BCUT2D eigenvalue weighted by Gasteiger charge is 2.21. The fourth-order valence-electron chi connectivity index (χ4n) is 2.48. The Morgan fingerprint density at radius 2 is 2.12 bits per heavy atom. The van der Waals surface area contributed by atoms with Gasteiger partial charge >= 0.3 is 5.97 Å². The Hall–Kier alpha value is -2.52. The highest BCUT2D eigenvalue weighted by molar-refractivity contribution is 7.18. The minimum absolute atomic E-state index is 0.299. The van der Waals surface area contributed by atoms with Crippen LogP contribution >= 0.6 is 22.7 Å². The SMILES string of the molecule is CC(OC(=O)Cn1cnc2scc(-c3cccs3)c2c1=O)C(=O)N(C)C. The molecule has 3 rings (SSSR count). The minimum atomic E-state index is -0.910. The summed E-state index contributed by atoms with van der Waals surface area (Å²) >= 11 is 2.92. The maximum Gasteiger partial charge on any atom is 0.326 e. The second kappa shape index (κ2) is 7.38. The Labute approximate surface area is 157 Å². The third-order valence-electron chi connectivity index (χ3n) is 3.74. The smallest absolute Gasteiger partial charge is 0.326 e. The lowest BCUT2D eigenvalue weighted by Gasteiger charge is -2.17. The number of amides is 1. The van der Waals surface area contributed by atoms with Crippen LogP contribution in [0.3, 0.4) is 0 Å². The molecule has 3 aromatic heterocycles. The number of carbonyl (C=O) groups is 2. The summed E-state index contributed by atoms with van der Waals surface area (Å²) in [6.45, 7) is 1.20. The number of carbonyl (C=O) groups excluding carboxylic acids is 2. The van der Waals surface area contributed by atoms with E-state index < -0.39 is 12.1 Å². The zero-order valence-electron chi connectivity index (χ0n) is 14.5. The van der Waals surface area contributed by atoms with Gasteiger partial charge in [-0.3, -0.25) is 19.0 Å². The van der Waals surface area contributed by atoms with E-state index >= 15 is 0 Å². The summed E-state index contributed by atoms with van der Waals surface area (Å²) in [5.74, 6) is -0.985. The van der Waals surface area contributed by atoms with Crippen molar-refractivity contribution in [3.8, 4) is 10.4 Å². The normalized spacial score (nSPS) is 12.1. The summed E-state index contributed by atoms with van der Waals surface area (Å²) in [5, 5.41) is 4.32. The summed E-state index contributed by atoms with van der Waals surface area (Å²) in [6.07, 6.45) is 0.423. The fraction of sp³-hybridized carbons (Fsp3) is 0.294. The molecule has 0 saturated heterocycles. The van der Waals surface area contributed by atoms with Gasteiger partial charge in [-0.05, 0) is 18.4 Å². The lowest BCUT2D eigenvalue weighted by atomic mass is 10.2. The average Bonchev–Trinajstić information content (AvgIpc) is 3.25. The predicted molar refractivity (Wildman–Crippen MR) is 101 cm³/mol. The monoisotopic (exact) mass is 391 g/mol. The van der Waals surface area contributed by atoms with E-state index in [1.807, 2.05) is 22.9 Å². The Balaban J connectivity index is 1.86. The van der Waals surface area contributed by atoms with Crippen molar-refractivity contribution in [3.63, 3.8) is 0 Å². The summed E-state index contributed by atoms with van der Waals surface area (Å²) in [6, 6.07) is 3.85. The van der Waals surface area contributed by atoms with Crippen molar-refractivity contribution in [2.75, 3.05) is 14.1 Å². The highest BCUT2D eigenvalue weighted by Crippen LogP contribution is 2.33. The number of aromatic nitrogens is 2. The highest BCUT2D eigenvalue weighted by atomic mass is 32.1. The van der Waals surface area contributed by atoms with E-state index in [2.05, 4.69) is 4.98 Å². The number of rotatable bonds is 5. The van der Waals surface area contributed by atoms with Gasteiger partial charge < -0.3 is 9.64 Å². The van der Waals surface area contributed by atoms with Crippen molar-refractivity contribution in [1.82, 2.24) is 14.5 Å². The van der Waals surface area contributed by atoms with Gasteiger partial charge in [-0.15, -0.1) is 22.7 Å². The molecule has 0 aliphatic heterocycles. The molecule has 7 nitrogen and oxygen atoms in total. The number of esters is 1. The van der Waals surface area contributed by atoms with Crippen molar-refractivity contribution < 1.29 is 14.3 Å². The first kappa shape index (κ1) is 18.3. The Bertz CT molecular complexity index is 1000. The van der Waals surface area contributed by atoms with E-state index in [1.54, 1.807) is 14.1 Å². The molecule has 0 aliphatic carbocycles. The number of thiophene rings is 2. The molecule has 136 valence electrons. The number of nitrogens with zero attached hydrogens (tertiary/aromatic N) is 3. The van der Waals surface area contributed by atoms with Crippen LogP contribution in [0.25, 0.3) is 20.7 Å². The molecule has 0 aliphatic rings. The van der Waals surface area contributed by atoms with Crippen LogP contribution < -0.4 is 5.56 Å². The van der Waals surface area contributed by atoms with E-state index in [1.165, 1.54) is 45.4 Å². The molecule has 0 fully saturated rings. The molecule has 3 aromatic rings. The molecule has 0 spiro atoms. The third kappa shape index (κ3) is 3.54. The second-order valence-corrected chi connectivity index (χ2v) is 7.66. The van der Waals surface area contributed by atoms with Gasteiger partial charge in [-0.25, -0.2) is 4.98 Å². The van der Waals surface area contributed by atoms with Gasteiger partial charge in [0.05, 0.1) is 11.7 Å². The molecule has 1 unspecified atom stereocenters. The van der Waals surface area contributed by atoms with E-state index in [4.69, 9.17) is 4.74 Å². The minimum Gasteiger partial charge on any atom is -0.451 e. The molecule has 26 heavy (non-hydrogen) atoms. The molecule has 0 saturated carbocycles. The molecule has 0 radical (unpaired) electrons. The first-order valence-corrected chi connectivity index (χ1v) is 9.55. The first-order valence-electron chi connectivity index (χ1n) is 7.79. The van der Waals surface area contributed by atoms with Crippen molar-refractivity contribution in [2.45, 2.75) is 19.6 Å². The van der Waals surface area contributed by atoms with Crippen molar-refractivity contribution in [2.24, 2.45) is 0 Å². The predicted octanol–water partition coefficient (Wildman–Crippen LogP) is 2.21. The average molecular weight is 391 g/mol. The fourth-order valence-corrected chi connectivity index (χ4v) is 4.20. The molecule has 9 heteroatoms. The summed E-state index contributed by atoms with van der Waals surface area (Å²) < 4.78 is 6.33.